The monoisotopic (exact) mass is 343 g/mol. The number of nitrogens with one attached hydrogen (secondary N) is 3. The molecule has 2 amide bonds. The van der Waals surface area contributed by atoms with Crippen LogP contribution in [0.25, 0.3) is 0 Å². The summed E-state index contributed by atoms with van der Waals surface area (Å²) >= 11 is 0. The average molecular weight is 343 g/mol. The minimum absolute atomic E-state index is 0.0555. The molecule has 5 heteroatoms. The lowest BCUT2D eigenvalue weighted by Gasteiger charge is -2.31. The third-order valence-electron chi connectivity index (χ3n) is 5.49. The van der Waals surface area contributed by atoms with Gasteiger partial charge in [-0.2, -0.15) is 0 Å². The minimum atomic E-state index is -0.393. The summed E-state index contributed by atoms with van der Waals surface area (Å²) in [5.41, 5.74) is 2.39. The van der Waals surface area contributed by atoms with E-state index in [1.165, 1.54) is 24.0 Å². The van der Waals surface area contributed by atoms with Crippen LogP contribution < -0.4 is 16.0 Å². The maximum atomic E-state index is 12.4. The van der Waals surface area contributed by atoms with Gasteiger partial charge in [0, 0.05) is 12.1 Å². The molecule has 1 atom stereocenters. The standard InChI is InChI=1S/C20H29N3O2/c1-15-7-6-8-16(13-15)20(10-3-4-11-20)22-14-18(24)23-17-9-2-5-12-21-19(17)25/h6-8,13,17,22H,2-5,9-12,14H2,1H3,(H,21,25)(H,23,24)/t17-/m0/s1. The second-order valence-corrected chi connectivity index (χ2v) is 7.42. The Morgan fingerprint density at radius 1 is 1.24 bits per heavy atom. The minimum Gasteiger partial charge on any atom is -0.354 e. The van der Waals surface area contributed by atoms with Gasteiger partial charge < -0.3 is 10.6 Å². The van der Waals surface area contributed by atoms with Crippen LogP contribution in [0.5, 0.6) is 0 Å². The predicted octanol–water partition coefficient (Wildman–Crippen LogP) is 2.14. The Balaban J connectivity index is 1.61. The molecule has 0 unspecified atom stereocenters. The molecule has 1 aliphatic heterocycles. The Kier molecular flexibility index (Phi) is 5.74. The third-order valence-corrected chi connectivity index (χ3v) is 5.49. The van der Waals surface area contributed by atoms with E-state index in [2.05, 4.69) is 47.1 Å². The van der Waals surface area contributed by atoms with Gasteiger partial charge in [0.25, 0.3) is 0 Å². The highest BCUT2D eigenvalue weighted by Crippen LogP contribution is 2.38. The Labute approximate surface area is 150 Å². The van der Waals surface area contributed by atoms with Crippen LogP contribution in [0.4, 0.5) is 0 Å². The number of rotatable bonds is 5. The van der Waals surface area contributed by atoms with E-state index in [9.17, 15) is 9.59 Å². The predicted molar refractivity (Wildman–Crippen MR) is 98.1 cm³/mol. The lowest BCUT2D eigenvalue weighted by Crippen LogP contribution is -2.50. The lowest BCUT2D eigenvalue weighted by atomic mass is 9.87. The summed E-state index contributed by atoms with van der Waals surface area (Å²) in [6.07, 6.45) is 7.11. The van der Waals surface area contributed by atoms with Gasteiger partial charge in [0.1, 0.15) is 6.04 Å². The number of hydrogen-bond donors (Lipinski definition) is 3. The van der Waals surface area contributed by atoms with E-state index in [-0.39, 0.29) is 23.9 Å². The lowest BCUT2D eigenvalue weighted by molar-refractivity contribution is -0.128. The summed E-state index contributed by atoms with van der Waals surface area (Å²) < 4.78 is 0. The van der Waals surface area contributed by atoms with Gasteiger partial charge in [0.15, 0.2) is 0 Å². The van der Waals surface area contributed by atoms with Crippen molar-refractivity contribution in [2.45, 2.75) is 63.5 Å². The number of amides is 2. The van der Waals surface area contributed by atoms with Crippen LogP contribution in [-0.4, -0.2) is 30.9 Å². The summed E-state index contributed by atoms with van der Waals surface area (Å²) in [5, 5.41) is 9.28. The molecule has 1 saturated heterocycles. The van der Waals surface area contributed by atoms with Gasteiger partial charge in [-0.1, -0.05) is 42.7 Å². The van der Waals surface area contributed by atoms with Crippen molar-refractivity contribution in [2.24, 2.45) is 0 Å². The highest BCUT2D eigenvalue weighted by Gasteiger charge is 2.35. The van der Waals surface area contributed by atoms with Gasteiger partial charge in [-0.15, -0.1) is 0 Å². The molecule has 1 saturated carbocycles. The first-order chi connectivity index (χ1) is 12.1. The van der Waals surface area contributed by atoms with E-state index in [1.54, 1.807) is 0 Å². The highest BCUT2D eigenvalue weighted by molar-refractivity contribution is 5.88. The topological polar surface area (TPSA) is 70.2 Å². The smallest absolute Gasteiger partial charge is 0.242 e. The molecule has 0 spiro atoms. The maximum absolute atomic E-state index is 12.4. The molecule has 1 aromatic rings. The van der Waals surface area contributed by atoms with Gasteiger partial charge in [0.05, 0.1) is 6.54 Å². The third kappa shape index (κ3) is 4.40. The molecule has 1 aliphatic carbocycles. The van der Waals surface area contributed by atoms with E-state index >= 15 is 0 Å². The number of benzene rings is 1. The zero-order valence-electron chi connectivity index (χ0n) is 15.1. The molecule has 3 N–H and O–H groups in total. The molecule has 0 radical (unpaired) electrons. The van der Waals surface area contributed by atoms with Crippen LogP contribution in [-0.2, 0) is 15.1 Å². The molecule has 1 heterocycles. The van der Waals surface area contributed by atoms with Crippen LogP contribution in [0, 0.1) is 6.92 Å². The second kappa shape index (κ2) is 8.00. The van der Waals surface area contributed by atoms with Crippen molar-refractivity contribution < 1.29 is 9.59 Å². The zero-order chi connectivity index (χ0) is 17.7. The molecular weight excluding hydrogens is 314 g/mol. The fourth-order valence-electron chi connectivity index (χ4n) is 4.06. The van der Waals surface area contributed by atoms with E-state index in [1.807, 2.05) is 0 Å². The quantitative estimate of drug-likeness (QED) is 0.767. The van der Waals surface area contributed by atoms with E-state index in [0.717, 1.165) is 32.1 Å². The molecule has 3 rings (SSSR count). The molecule has 25 heavy (non-hydrogen) atoms. The average Bonchev–Trinajstić information content (AvgIpc) is 3.00. The summed E-state index contributed by atoms with van der Waals surface area (Å²) in [7, 11) is 0. The molecule has 0 bridgehead atoms. The Morgan fingerprint density at radius 3 is 2.80 bits per heavy atom. The normalized spacial score (nSPS) is 22.9. The summed E-state index contributed by atoms with van der Waals surface area (Å²) in [4.78, 5) is 24.4. The largest absolute Gasteiger partial charge is 0.354 e. The summed E-state index contributed by atoms with van der Waals surface area (Å²) in [6, 6.07) is 8.17. The van der Waals surface area contributed by atoms with Crippen molar-refractivity contribution in [3.05, 3.63) is 35.4 Å². The molecule has 2 aliphatic rings. The molecule has 1 aromatic carbocycles. The number of hydrogen-bond acceptors (Lipinski definition) is 3. The second-order valence-electron chi connectivity index (χ2n) is 7.42. The van der Waals surface area contributed by atoms with Crippen molar-refractivity contribution >= 4 is 11.8 Å². The zero-order valence-corrected chi connectivity index (χ0v) is 15.1. The van der Waals surface area contributed by atoms with Gasteiger partial charge in [-0.25, -0.2) is 0 Å². The van der Waals surface area contributed by atoms with Crippen molar-refractivity contribution in [3.63, 3.8) is 0 Å². The maximum Gasteiger partial charge on any atom is 0.242 e. The first-order valence-electron chi connectivity index (χ1n) is 9.48. The van der Waals surface area contributed by atoms with Crippen LogP contribution in [0.3, 0.4) is 0 Å². The van der Waals surface area contributed by atoms with Crippen molar-refractivity contribution in [2.75, 3.05) is 13.1 Å². The van der Waals surface area contributed by atoms with E-state index in [4.69, 9.17) is 0 Å². The first kappa shape index (κ1) is 17.9. The highest BCUT2D eigenvalue weighted by atomic mass is 16.2. The van der Waals surface area contributed by atoms with Gasteiger partial charge >= 0.3 is 0 Å². The first-order valence-corrected chi connectivity index (χ1v) is 9.48. The summed E-state index contributed by atoms with van der Waals surface area (Å²) in [6.45, 7) is 3.06. The van der Waals surface area contributed by atoms with Gasteiger partial charge in [-0.3, -0.25) is 14.9 Å². The van der Waals surface area contributed by atoms with Crippen molar-refractivity contribution in [3.8, 4) is 0 Å². The van der Waals surface area contributed by atoms with Crippen LogP contribution in [0.15, 0.2) is 24.3 Å². The molecule has 2 fully saturated rings. The number of carbonyl (C=O) groups excluding carboxylic acids is 2. The van der Waals surface area contributed by atoms with Crippen LogP contribution in [0.2, 0.25) is 0 Å². The van der Waals surface area contributed by atoms with Crippen LogP contribution >= 0.6 is 0 Å². The van der Waals surface area contributed by atoms with E-state index < -0.39 is 6.04 Å². The Morgan fingerprint density at radius 2 is 2.04 bits per heavy atom. The van der Waals surface area contributed by atoms with Crippen molar-refractivity contribution in [1.29, 1.82) is 0 Å². The molecule has 5 nitrogen and oxygen atoms in total. The Bertz CT molecular complexity index is 623. The number of carbonyl (C=O) groups is 2. The van der Waals surface area contributed by atoms with Crippen molar-refractivity contribution in [1.82, 2.24) is 16.0 Å². The molecule has 0 aromatic heterocycles. The molecular formula is C20H29N3O2. The van der Waals surface area contributed by atoms with E-state index in [0.29, 0.717) is 6.54 Å². The fourth-order valence-corrected chi connectivity index (χ4v) is 4.06. The summed E-state index contributed by atoms with van der Waals surface area (Å²) in [5.74, 6) is -0.152. The Hall–Kier alpha value is -1.88. The molecule has 136 valence electrons. The fraction of sp³-hybridized carbons (Fsp3) is 0.600. The number of aryl methyl sites for hydroxylation is 1. The van der Waals surface area contributed by atoms with Gasteiger partial charge in [0.2, 0.25) is 11.8 Å². The SMILES string of the molecule is Cc1cccc(C2(NCC(=O)N[C@H]3CCCCNC3=O)CCCC2)c1. The van der Waals surface area contributed by atoms with Crippen LogP contribution in [0.1, 0.15) is 56.1 Å². The van der Waals surface area contributed by atoms with Gasteiger partial charge in [-0.05, 0) is 44.6 Å².